The van der Waals surface area contributed by atoms with Crippen molar-refractivity contribution in [3.05, 3.63) is 60.6 Å². The Morgan fingerprint density at radius 3 is 2.81 bits per heavy atom. The third kappa shape index (κ3) is 2.88. The minimum Gasteiger partial charge on any atom is -0.497 e. The standard InChI is InChI=1S/C19H18N4O3/c1-26-15-6-4-5-14(11-15)23-10-9-22(13-18(23)24)19(25)16-12-21-8-3-2-7-17(21)20-16/h2-8,11-12H,9-10,13H2,1H3. The van der Waals surface area contributed by atoms with Crippen molar-refractivity contribution in [2.75, 3.05) is 31.6 Å². The Balaban J connectivity index is 1.51. The Morgan fingerprint density at radius 2 is 2.04 bits per heavy atom. The van der Waals surface area contributed by atoms with Crippen LogP contribution in [0.2, 0.25) is 0 Å². The summed E-state index contributed by atoms with van der Waals surface area (Å²) < 4.78 is 7.01. The highest BCUT2D eigenvalue weighted by atomic mass is 16.5. The zero-order chi connectivity index (χ0) is 18.1. The summed E-state index contributed by atoms with van der Waals surface area (Å²) >= 11 is 0. The first-order valence-corrected chi connectivity index (χ1v) is 8.33. The van der Waals surface area contributed by atoms with Gasteiger partial charge in [-0.1, -0.05) is 12.1 Å². The van der Waals surface area contributed by atoms with Crippen LogP contribution in [0, 0.1) is 0 Å². The quantitative estimate of drug-likeness (QED) is 0.723. The van der Waals surface area contributed by atoms with E-state index in [-0.39, 0.29) is 18.4 Å². The third-order valence-electron chi connectivity index (χ3n) is 4.46. The number of imidazole rings is 1. The fourth-order valence-corrected chi connectivity index (χ4v) is 3.10. The van der Waals surface area contributed by atoms with Crippen LogP contribution in [-0.4, -0.2) is 52.8 Å². The van der Waals surface area contributed by atoms with Gasteiger partial charge in [-0.05, 0) is 24.3 Å². The zero-order valence-corrected chi connectivity index (χ0v) is 14.3. The Labute approximate surface area is 150 Å². The maximum absolute atomic E-state index is 12.7. The van der Waals surface area contributed by atoms with Crippen molar-refractivity contribution in [3.8, 4) is 5.75 Å². The number of fused-ring (bicyclic) bond motifs is 1. The minimum atomic E-state index is -0.229. The molecule has 4 rings (SSSR count). The van der Waals surface area contributed by atoms with Crippen molar-refractivity contribution in [2.24, 2.45) is 0 Å². The number of carbonyl (C=O) groups is 2. The van der Waals surface area contributed by atoms with Crippen LogP contribution < -0.4 is 9.64 Å². The van der Waals surface area contributed by atoms with Gasteiger partial charge in [-0.15, -0.1) is 0 Å². The van der Waals surface area contributed by atoms with Crippen molar-refractivity contribution < 1.29 is 14.3 Å². The summed E-state index contributed by atoms with van der Waals surface area (Å²) in [7, 11) is 1.59. The molecule has 3 heterocycles. The van der Waals surface area contributed by atoms with Gasteiger partial charge >= 0.3 is 0 Å². The molecule has 0 radical (unpaired) electrons. The monoisotopic (exact) mass is 350 g/mol. The topological polar surface area (TPSA) is 67.2 Å². The fourth-order valence-electron chi connectivity index (χ4n) is 3.10. The van der Waals surface area contributed by atoms with Crippen LogP contribution in [0.4, 0.5) is 5.69 Å². The van der Waals surface area contributed by atoms with Crippen LogP contribution in [0.15, 0.2) is 54.9 Å². The van der Waals surface area contributed by atoms with Gasteiger partial charge in [-0.2, -0.15) is 0 Å². The molecular weight excluding hydrogens is 332 g/mol. The minimum absolute atomic E-state index is 0.0317. The van der Waals surface area contributed by atoms with Gasteiger partial charge in [-0.25, -0.2) is 4.98 Å². The molecule has 26 heavy (non-hydrogen) atoms. The first-order valence-electron chi connectivity index (χ1n) is 8.33. The molecule has 7 heteroatoms. The van der Waals surface area contributed by atoms with E-state index in [1.165, 1.54) is 0 Å². The maximum atomic E-state index is 12.7. The molecule has 0 N–H and O–H groups in total. The lowest BCUT2D eigenvalue weighted by atomic mass is 10.2. The second-order valence-electron chi connectivity index (χ2n) is 6.07. The number of methoxy groups -OCH3 is 1. The lowest BCUT2D eigenvalue weighted by molar-refractivity contribution is -0.120. The van der Waals surface area contributed by atoms with Gasteiger partial charge in [-0.3, -0.25) is 9.59 Å². The fraction of sp³-hybridized carbons (Fsp3) is 0.211. The van der Waals surface area contributed by atoms with Crippen LogP contribution in [0.3, 0.4) is 0 Å². The zero-order valence-electron chi connectivity index (χ0n) is 14.3. The molecule has 0 unspecified atom stereocenters. The molecule has 7 nitrogen and oxygen atoms in total. The molecule has 1 fully saturated rings. The molecule has 0 bridgehead atoms. The Morgan fingerprint density at radius 1 is 1.15 bits per heavy atom. The molecule has 1 aliphatic rings. The van der Waals surface area contributed by atoms with Crippen molar-refractivity contribution in [3.63, 3.8) is 0 Å². The molecule has 2 amide bonds. The van der Waals surface area contributed by atoms with Gasteiger partial charge in [0, 0.05) is 37.2 Å². The number of amides is 2. The number of nitrogens with zero attached hydrogens (tertiary/aromatic N) is 4. The van der Waals surface area contributed by atoms with Crippen LogP contribution in [0.5, 0.6) is 5.75 Å². The summed E-state index contributed by atoms with van der Waals surface area (Å²) in [6, 6.07) is 12.9. The van der Waals surface area contributed by atoms with Crippen LogP contribution in [0.1, 0.15) is 10.5 Å². The van der Waals surface area contributed by atoms with E-state index in [4.69, 9.17) is 4.74 Å². The van der Waals surface area contributed by atoms with Gasteiger partial charge < -0.3 is 18.9 Å². The predicted octanol–water partition coefficient (Wildman–Crippen LogP) is 1.83. The number of benzene rings is 1. The van der Waals surface area contributed by atoms with Crippen molar-refractivity contribution in [1.29, 1.82) is 0 Å². The molecule has 1 saturated heterocycles. The van der Waals surface area contributed by atoms with Crippen molar-refractivity contribution in [2.45, 2.75) is 0 Å². The molecule has 1 aromatic carbocycles. The molecule has 0 aliphatic carbocycles. The molecule has 1 aliphatic heterocycles. The highest BCUT2D eigenvalue weighted by Gasteiger charge is 2.29. The first kappa shape index (κ1) is 16.1. The van der Waals surface area contributed by atoms with Crippen LogP contribution in [-0.2, 0) is 4.79 Å². The van der Waals surface area contributed by atoms with E-state index < -0.39 is 0 Å². The maximum Gasteiger partial charge on any atom is 0.274 e. The first-order chi connectivity index (χ1) is 12.7. The number of hydrogen-bond donors (Lipinski definition) is 0. The van der Waals surface area contributed by atoms with E-state index in [9.17, 15) is 9.59 Å². The summed E-state index contributed by atoms with van der Waals surface area (Å²) in [5, 5.41) is 0. The number of hydrogen-bond acceptors (Lipinski definition) is 4. The summed E-state index contributed by atoms with van der Waals surface area (Å²) in [6.07, 6.45) is 3.53. The third-order valence-corrected chi connectivity index (χ3v) is 4.46. The number of piperazine rings is 1. The largest absolute Gasteiger partial charge is 0.497 e. The van der Waals surface area contributed by atoms with Gasteiger partial charge in [0.2, 0.25) is 5.91 Å². The van der Waals surface area contributed by atoms with E-state index in [1.54, 1.807) is 27.5 Å². The number of aromatic nitrogens is 2. The predicted molar refractivity (Wildman–Crippen MR) is 96.4 cm³/mol. The van der Waals surface area contributed by atoms with Gasteiger partial charge in [0.1, 0.15) is 23.6 Å². The molecule has 0 saturated carbocycles. The normalized spacial score (nSPS) is 14.7. The number of rotatable bonds is 3. The van der Waals surface area contributed by atoms with Crippen molar-refractivity contribution in [1.82, 2.24) is 14.3 Å². The van der Waals surface area contributed by atoms with Gasteiger partial charge in [0.15, 0.2) is 0 Å². The average molecular weight is 350 g/mol. The second-order valence-corrected chi connectivity index (χ2v) is 6.07. The molecule has 132 valence electrons. The van der Waals surface area contributed by atoms with Crippen LogP contribution >= 0.6 is 0 Å². The number of ether oxygens (including phenoxy) is 1. The molecule has 0 atom stereocenters. The summed E-state index contributed by atoms with van der Waals surface area (Å²) in [5.74, 6) is 0.340. The number of pyridine rings is 1. The van der Waals surface area contributed by atoms with E-state index in [1.807, 2.05) is 48.7 Å². The number of anilines is 1. The SMILES string of the molecule is COc1cccc(N2CCN(C(=O)c3cn4ccccc4n3)CC2=O)c1. The smallest absolute Gasteiger partial charge is 0.274 e. The molecule has 3 aromatic rings. The molecule has 0 spiro atoms. The Kier molecular flexibility index (Phi) is 4.04. The average Bonchev–Trinajstić information content (AvgIpc) is 3.11. The van der Waals surface area contributed by atoms with E-state index in [0.717, 1.165) is 5.69 Å². The summed E-state index contributed by atoms with van der Waals surface area (Å²) in [4.78, 5) is 32.9. The van der Waals surface area contributed by atoms with Gasteiger partial charge in [0.25, 0.3) is 5.91 Å². The van der Waals surface area contributed by atoms with E-state index in [2.05, 4.69) is 4.98 Å². The Hall–Kier alpha value is -3.35. The Bertz CT molecular complexity index is 949. The summed E-state index contributed by atoms with van der Waals surface area (Å²) in [5.41, 5.74) is 1.82. The summed E-state index contributed by atoms with van der Waals surface area (Å²) in [6.45, 7) is 0.921. The lowest BCUT2D eigenvalue weighted by Gasteiger charge is -2.34. The van der Waals surface area contributed by atoms with Crippen molar-refractivity contribution >= 4 is 23.1 Å². The highest BCUT2D eigenvalue weighted by molar-refractivity contribution is 6.01. The molecular formula is C19H18N4O3. The van der Waals surface area contributed by atoms with Crippen LogP contribution in [0.25, 0.3) is 5.65 Å². The number of carbonyl (C=O) groups excluding carboxylic acids is 2. The van der Waals surface area contributed by atoms with E-state index >= 15 is 0 Å². The van der Waals surface area contributed by atoms with E-state index in [0.29, 0.717) is 30.2 Å². The van der Waals surface area contributed by atoms with Gasteiger partial charge in [0.05, 0.1) is 7.11 Å². The second kappa shape index (κ2) is 6.51. The lowest BCUT2D eigenvalue weighted by Crippen LogP contribution is -2.52. The highest BCUT2D eigenvalue weighted by Crippen LogP contribution is 2.23. The molecule has 2 aromatic heterocycles.